The van der Waals surface area contributed by atoms with Crippen molar-refractivity contribution in [3.8, 4) is 5.75 Å². The van der Waals surface area contributed by atoms with E-state index in [2.05, 4.69) is 15.8 Å². The van der Waals surface area contributed by atoms with Crippen LogP contribution in [-0.4, -0.2) is 16.8 Å². The van der Waals surface area contributed by atoms with Gasteiger partial charge in [0, 0.05) is 11.5 Å². The highest BCUT2D eigenvalue weighted by Crippen LogP contribution is 2.14. The molecule has 0 radical (unpaired) electrons. The van der Waals surface area contributed by atoms with Gasteiger partial charge in [0.25, 0.3) is 5.91 Å². The molecule has 0 aliphatic heterocycles. The van der Waals surface area contributed by atoms with Gasteiger partial charge in [-0.2, -0.15) is 0 Å². The Labute approximate surface area is 159 Å². The molecule has 8 heteroatoms. The van der Waals surface area contributed by atoms with Crippen LogP contribution in [0.3, 0.4) is 0 Å². The van der Waals surface area contributed by atoms with Crippen LogP contribution >= 0.6 is 11.3 Å². The number of benzene rings is 1. The lowest BCUT2D eigenvalue weighted by atomic mass is 10.3. The van der Waals surface area contributed by atoms with E-state index in [-0.39, 0.29) is 12.4 Å². The zero-order valence-corrected chi connectivity index (χ0v) is 15.3. The summed E-state index contributed by atoms with van der Waals surface area (Å²) in [7, 11) is 0. The van der Waals surface area contributed by atoms with Crippen molar-refractivity contribution < 1.29 is 18.7 Å². The molecular weight excluding hydrogens is 366 g/mol. The minimum absolute atomic E-state index is 0.0704. The Morgan fingerprint density at radius 2 is 2.00 bits per heavy atom. The Bertz CT molecular complexity index is 947. The Morgan fingerprint density at radius 3 is 2.74 bits per heavy atom. The molecule has 0 aliphatic rings. The summed E-state index contributed by atoms with van der Waals surface area (Å²) >= 11 is 1.49. The van der Waals surface area contributed by atoms with Crippen LogP contribution in [0, 0.1) is 6.92 Å². The highest BCUT2D eigenvalue weighted by atomic mass is 32.1. The van der Waals surface area contributed by atoms with E-state index in [1.807, 2.05) is 42.6 Å². The van der Waals surface area contributed by atoms with Gasteiger partial charge in [-0.05, 0) is 37.3 Å². The number of nitrogens with zero attached hydrogens (tertiary/aromatic N) is 1. The van der Waals surface area contributed by atoms with Gasteiger partial charge in [0.2, 0.25) is 0 Å². The predicted molar refractivity (Wildman–Crippen MR) is 101 cm³/mol. The smallest absolute Gasteiger partial charge is 0.305 e. The summed E-state index contributed by atoms with van der Waals surface area (Å²) in [5.41, 5.74) is 5.26. The molecule has 1 aromatic carbocycles. The lowest BCUT2D eigenvalue weighted by molar-refractivity contribution is -0.117. The van der Waals surface area contributed by atoms with Crippen molar-refractivity contribution in [2.45, 2.75) is 13.5 Å². The summed E-state index contributed by atoms with van der Waals surface area (Å²) in [5, 5.41) is 2.74. The van der Waals surface area contributed by atoms with E-state index < -0.39 is 11.8 Å². The first-order chi connectivity index (χ1) is 13.1. The van der Waals surface area contributed by atoms with Crippen LogP contribution in [0.5, 0.6) is 5.75 Å². The summed E-state index contributed by atoms with van der Waals surface area (Å²) in [6.45, 7) is 2.07. The topological polar surface area (TPSA) is 93.5 Å². The lowest BCUT2D eigenvalue weighted by Crippen LogP contribution is -2.40. The molecule has 0 fully saturated rings. The number of furan rings is 1. The maximum Gasteiger partial charge on any atom is 0.305 e. The van der Waals surface area contributed by atoms with E-state index in [4.69, 9.17) is 9.15 Å². The number of thiazole rings is 1. The van der Waals surface area contributed by atoms with E-state index in [9.17, 15) is 9.59 Å². The van der Waals surface area contributed by atoms with Crippen molar-refractivity contribution in [2.75, 3.05) is 0 Å². The summed E-state index contributed by atoms with van der Waals surface area (Å²) in [6, 6.07) is 12.4. The first-order valence-corrected chi connectivity index (χ1v) is 8.95. The Balaban J connectivity index is 1.46. The van der Waals surface area contributed by atoms with Crippen LogP contribution in [0.25, 0.3) is 6.08 Å². The van der Waals surface area contributed by atoms with Crippen molar-refractivity contribution in [3.63, 3.8) is 0 Å². The number of carbonyl (C=O) groups is 2. The molecule has 3 rings (SSSR count). The molecule has 0 spiro atoms. The number of hydrogen-bond donors (Lipinski definition) is 2. The van der Waals surface area contributed by atoms with Gasteiger partial charge in [-0.3, -0.25) is 20.4 Å². The monoisotopic (exact) mass is 383 g/mol. The third kappa shape index (κ3) is 5.55. The van der Waals surface area contributed by atoms with E-state index in [1.54, 1.807) is 12.1 Å². The standard InChI is InChI=1S/C19H17N3O4S/c1-13-20-14(12-27-13)7-10-18(23)21-22-19(24)17-9-8-16(26-17)11-25-15-5-3-2-4-6-15/h2-10,12H,11H2,1H3,(H,21,23)(H,22,24)/b10-7+. The van der Waals surface area contributed by atoms with Crippen LogP contribution in [0.1, 0.15) is 27.0 Å². The van der Waals surface area contributed by atoms with Gasteiger partial charge in [0.1, 0.15) is 18.1 Å². The molecule has 0 atom stereocenters. The number of carbonyl (C=O) groups excluding carboxylic acids is 2. The van der Waals surface area contributed by atoms with Crippen molar-refractivity contribution >= 4 is 29.2 Å². The average Bonchev–Trinajstić information content (AvgIpc) is 3.32. The number of rotatable bonds is 6. The van der Waals surface area contributed by atoms with Crippen LogP contribution < -0.4 is 15.6 Å². The summed E-state index contributed by atoms with van der Waals surface area (Å²) in [6.07, 6.45) is 2.85. The Morgan fingerprint density at radius 1 is 1.19 bits per heavy atom. The fourth-order valence-electron chi connectivity index (χ4n) is 2.09. The second-order valence-electron chi connectivity index (χ2n) is 5.44. The molecule has 0 saturated heterocycles. The number of amides is 2. The summed E-state index contributed by atoms with van der Waals surface area (Å²) < 4.78 is 11.0. The Kier molecular flexibility index (Phi) is 6.01. The summed E-state index contributed by atoms with van der Waals surface area (Å²) in [5.74, 6) is 0.227. The quantitative estimate of drug-likeness (QED) is 0.504. The van der Waals surface area contributed by atoms with Crippen LogP contribution in [-0.2, 0) is 11.4 Å². The molecule has 2 aromatic heterocycles. The van der Waals surface area contributed by atoms with Gasteiger partial charge < -0.3 is 9.15 Å². The van der Waals surface area contributed by atoms with E-state index in [1.165, 1.54) is 23.5 Å². The maximum atomic E-state index is 12.0. The predicted octanol–water partition coefficient (Wildman–Crippen LogP) is 3.10. The van der Waals surface area contributed by atoms with Gasteiger partial charge in [0.15, 0.2) is 5.76 Å². The zero-order chi connectivity index (χ0) is 19.1. The number of ether oxygens (including phenoxy) is 1. The fraction of sp³-hybridized carbons (Fsp3) is 0.105. The summed E-state index contributed by atoms with van der Waals surface area (Å²) in [4.78, 5) is 28.0. The molecule has 138 valence electrons. The van der Waals surface area contributed by atoms with Crippen LogP contribution in [0.15, 0.2) is 58.3 Å². The normalized spacial score (nSPS) is 10.7. The minimum Gasteiger partial charge on any atom is -0.486 e. The molecule has 27 heavy (non-hydrogen) atoms. The molecule has 2 N–H and O–H groups in total. The van der Waals surface area contributed by atoms with Crippen molar-refractivity contribution in [1.29, 1.82) is 0 Å². The molecule has 2 heterocycles. The SMILES string of the molecule is Cc1nc(/C=C/C(=O)NNC(=O)c2ccc(COc3ccccc3)o2)cs1. The molecule has 0 saturated carbocycles. The number of aryl methyl sites for hydroxylation is 1. The minimum atomic E-state index is -0.563. The Hall–Kier alpha value is -3.39. The maximum absolute atomic E-state index is 12.0. The van der Waals surface area contributed by atoms with Crippen LogP contribution in [0.4, 0.5) is 0 Å². The zero-order valence-electron chi connectivity index (χ0n) is 14.5. The molecule has 0 aliphatic carbocycles. The molecule has 2 amide bonds. The number of nitrogens with one attached hydrogen (secondary N) is 2. The van der Waals surface area contributed by atoms with Crippen LogP contribution in [0.2, 0.25) is 0 Å². The van der Waals surface area contributed by atoms with Gasteiger partial charge >= 0.3 is 5.91 Å². The molecule has 3 aromatic rings. The second kappa shape index (κ2) is 8.81. The average molecular weight is 383 g/mol. The molecule has 7 nitrogen and oxygen atoms in total. The third-order valence-electron chi connectivity index (χ3n) is 3.35. The largest absolute Gasteiger partial charge is 0.486 e. The van der Waals surface area contributed by atoms with Crippen molar-refractivity contribution in [3.05, 3.63) is 76.1 Å². The molecule has 0 unspecified atom stereocenters. The van der Waals surface area contributed by atoms with Gasteiger partial charge in [-0.25, -0.2) is 4.98 Å². The highest BCUT2D eigenvalue weighted by molar-refractivity contribution is 7.09. The third-order valence-corrected chi connectivity index (χ3v) is 4.14. The molecule has 0 bridgehead atoms. The fourth-order valence-corrected chi connectivity index (χ4v) is 2.67. The molecular formula is C19H17N3O4S. The highest BCUT2D eigenvalue weighted by Gasteiger charge is 2.12. The van der Waals surface area contributed by atoms with E-state index in [0.29, 0.717) is 17.2 Å². The van der Waals surface area contributed by atoms with Crippen molar-refractivity contribution in [2.24, 2.45) is 0 Å². The first-order valence-electron chi connectivity index (χ1n) is 8.07. The number of hydrazine groups is 1. The number of aromatic nitrogens is 1. The van der Waals surface area contributed by atoms with E-state index >= 15 is 0 Å². The van der Waals surface area contributed by atoms with Gasteiger partial charge in [-0.15, -0.1) is 11.3 Å². The van der Waals surface area contributed by atoms with Gasteiger partial charge in [0.05, 0.1) is 10.7 Å². The van der Waals surface area contributed by atoms with Gasteiger partial charge in [-0.1, -0.05) is 18.2 Å². The van der Waals surface area contributed by atoms with Crippen molar-refractivity contribution in [1.82, 2.24) is 15.8 Å². The first kappa shape index (κ1) is 18.4. The number of para-hydroxylation sites is 1. The lowest BCUT2D eigenvalue weighted by Gasteiger charge is -2.04. The second-order valence-corrected chi connectivity index (χ2v) is 6.50. The number of hydrogen-bond acceptors (Lipinski definition) is 6. The van der Waals surface area contributed by atoms with E-state index in [0.717, 1.165) is 5.01 Å².